The van der Waals surface area contributed by atoms with E-state index in [0.29, 0.717) is 12.2 Å². The van der Waals surface area contributed by atoms with Gasteiger partial charge < -0.3 is 10.6 Å². The lowest BCUT2D eigenvalue weighted by Gasteiger charge is -2.31. The van der Waals surface area contributed by atoms with Crippen molar-refractivity contribution in [3.8, 4) is 5.69 Å². The van der Waals surface area contributed by atoms with E-state index in [2.05, 4.69) is 20.5 Å². The van der Waals surface area contributed by atoms with Gasteiger partial charge >= 0.3 is 0 Å². The Kier molecular flexibility index (Phi) is 6.20. The molecule has 0 atom stereocenters. The van der Waals surface area contributed by atoms with Crippen molar-refractivity contribution >= 4 is 17.5 Å². The monoisotopic (exact) mass is 403 g/mol. The van der Waals surface area contributed by atoms with Crippen molar-refractivity contribution in [2.45, 2.75) is 18.9 Å². The molecule has 30 heavy (non-hydrogen) atoms. The normalized spacial score (nSPS) is 14.9. The summed E-state index contributed by atoms with van der Waals surface area (Å²) in [6.45, 7) is 1.90. The number of nitrogens with zero attached hydrogens (tertiary/aromatic N) is 3. The number of carbonyl (C=O) groups is 2. The third-order valence-electron chi connectivity index (χ3n) is 5.25. The van der Waals surface area contributed by atoms with Gasteiger partial charge in [0.1, 0.15) is 5.69 Å². The van der Waals surface area contributed by atoms with Gasteiger partial charge in [0.15, 0.2) is 0 Å². The Bertz CT molecular complexity index is 979. The minimum absolute atomic E-state index is 0.0181. The van der Waals surface area contributed by atoms with Crippen LogP contribution in [0.3, 0.4) is 0 Å². The summed E-state index contributed by atoms with van der Waals surface area (Å²) in [6.07, 6.45) is 4.86. The number of anilines is 1. The van der Waals surface area contributed by atoms with E-state index in [9.17, 15) is 9.59 Å². The van der Waals surface area contributed by atoms with Gasteiger partial charge in [-0.15, -0.1) is 0 Å². The summed E-state index contributed by atoms with van der Waals surface area (Å²) in [4.78, 5) is 31.3. The summed E-state index contributed by atoms with van der Waals surface area (Å²) in [6, 6.07) is 19.2. The number of carbonyl (C=O) groups excluding carboxylic acids is 2. The lowest BCUT2D eigenvalue weighted by molar-refractivity contribution is -0.117. The van der Waals surface area contributed by atoms with Crippen LogP contribution in [0.5, 0.6) is 0 Å². The van der Waals surface area contributed by atoms with Crippen LogP contribution in [0.15, 0.2) is 73.2 Å². The maximum absolute atomic E-state index is 12.8. The molecule has 2 amide bonds. The molecule has 1 aliphatic heterocycles. The number of aromatic nitrogens is 2. The van der Waals surface area contributed by atoms with Crippen molar-refractivity contribution in [2.24, 2.45) is 0 Å². The molecule has 0 spiro atoms. The van der Waals surface area contributed by atoms with Crippen LogP contribution in [0.4, 0.5) is 5.69 Å². The molecule has 2 heterocycles. The Morgan fingerprint density at radius 2 is 1.63 bits per heavy atom. The first-order valence-electron chi connectivity index (χ1n) is 10.1. The standard InChI is InChI=1S/C23H25N5O2/c29-22(25-18-7-3-1-4-8-18)16-27-13-11-19(12-14-27)26-23(30)21-15-24-17-28(21)20-9-5-2-6-10-20/h1-10,15,17,19H,11-14,16H2,(H,25,29)(H,26,30). The first kappa shape index (κ1) is 19.8. The molecule has 7 nitrogen and oxygen atoms in total. The van der Waals surface area contributed by atoms with Crippen LogP contribution >= 0.6 is 0 Å². The van der Waals surface area contributed by atoms with Crippen LogP contribution in [-0.2, 0) is 4.79 Å². The molecule has 0 saturated carbocycles. The number of hydrogen-bond donors (Lipinski definition) is 2. The molecule has 0 aliphatic carbocycles. The van der Waals surface area contributed by atoms with E-state index in [1.54, 1.807) is 17.1 Å². The number of para-hydroxylation sites is 2. The van der Waals surface area contributed by atoms with Gasteiger partial charge in [0.2, 0.25) is 5.91 Å². The second kappa shape index (κ2) is 9.37. The average Bonchev–Trinajstić information content (AvgIpc) is 3.27. The fourth-order valence-corrected chi connectivity index (χ4v) is 3.68. The predicted molar refractivity (Wildman–Crippen MR) is 116 cm³/mol. The van der Waals surface area contributed by atoms with E-state index in [1.165, 1.54) is 0 Å². The second-order valence-corrected chi connectivity index (χ2v) is 7.42. The number of hydrogen-bond acceptors (Lipinski definition) is 4. The molecule has 4 rings (SSSR count). The van der Waals surface area contributed by atoms with E-state index in [0.717, 1.165) is 37.3 Å². The molecule has 0 radical (unpaired) electrons. The Hall–Kier alpha value is -3.45. The Balaban J connectivity index is 1.27. The largest absolute Gasteiger partial charge is 0.348 e. The molecule has 154 valence electrons. The quantitative estimate of drug-likeness (QED) is 0.663. The van der Waals surface area contributed by atoms with Crippen LogP contribution < -0.4 is 10.6 Å². The maximum Gasteiger partial charge on any atom is 0.270 e. The Labute approximate surface area is 175 Å². The van der Waals surface area contributed by atoms with Gasteiger partial charge in [-0.25, -0.2) is 4.98 Å². The van der Waals surface area contributed by atoms with Crippen LogP contribution in [0.2, 0.25) is 0 Å². The summed E-state index contributed by atoms with van der Waals surface area (Å²) in [5, 5.41) is 6.03. The molecule has 0 bridgehead atoms. The fraction of sp³-hybridized carbons (Fsp3) is 0.261. The summed E-state index contributed by atoms with van der Waals surface area (Å²) >= 11 is 0. The van der Waals surface area contributed by atoms with Crippen molar-refractivity contribution in [3.05, 3.63) is 78.9 Å². The summed E-state index contributed by atoms with van der Waals surface area (Å²) in [5.74, 6) is -0.146. The molecular formula is C23H25N5O2. The minimum Gasteiger partial charge on any atom is -0.348 e. The second-order valence-electron chi connectivity index (χ2n) is 7.42. The Morgan fingerprint density at radius 1 is 0.967 bits per heavy atom. The van der Waals surface area contributed by atoms with E-state index in [-0.39, 0.29) is 17.9 Å². The molecule has 1 aromatic heterocycles. The molecule has 1 fully saturated rings. The van der Waals surface area contributed by atoms with E-state index in [4.69, 9.17) is 0 Å². The molecule has 0 unspecified atom stereocenters. The van der Waals surface area contributed by atoms with E-state index >= 15 is 0 Å². The van der Waals surface area contributed by atoms with Gasteiger partial charge in [0.05, 0.1) is 19.1 Å². The third-order valence-corrected chi connectivity index (χ3v) is 5.25. The fourth-order valence-electron chi connectivity index (χ4n) is 3.68. The molecule has 3 aromatic rings. The number of piperidine rings is 1. The summed E-state index contributed by atoms with van der Waals surface area (Å²) in [5.41, 5.74) is 2.23. The number of rotatable bonds is 6. The van der Waals surface area contributed by atoms with Gasteiger partial charge in [-0.1, -0.05) is 36.4 Å². The highest BCUT2D eigenvalue weighted by molar-refractivity contribution is 5.93. The molecule has 1 aliphatic rings. The number of likely N-dealkylation sites (tertiary alicyclic amines) is 1. The van der Waals surface area contributed by atoms with Crippen LogP contribution in [0.1, 0.15) is 23.3 Å². The van der Waals surface area contributed by atoms with Crippen LogP contribution in [0, 0.1) is 0 Å². The van der Waals surface area contributed by atoms with E-state index < -0.39 is 0 Å². The lowest BCUT2D eigenvalue weighted by Crippen LogP contribution is -2.46. The molecule has 1 saturated heterocycles. The molecular weight excluding hydrogens is 378 g/mol. The topological polar surface area (TPSA) is 79.3 Å². The van der Waals surface area contributed by atoms with Crippen LogP contribution in [0.25, 0.3) is 5.69 Å². The highest BCUT2D eigenvalue weighted by Crippen LogP contribution is 2.14. The van der Waals surface area contributed by atoms with Crippen LogP contribution in [-0.4, -0.2) is 51.9 Å². The summed E-state index contributed by atoms with van der Waals surface area (Å²) in [7, 11) is 0. The van der Waals surface area contributed by atoms with Gasteiger partial charge in [0.25, 0.3) is 5.91 Å². The zero-order chi connectivity index (χ0) is 20.8. The first-order chi connectivity index (χ1) is 14.7. The SMILES string of the molecule is O=C(CN1CCC(NC(=O)c2cncn2-c2ccccc2)CC1)Nc1ccccc1. The predicted octanol–water partition coefficient (Wildman–Crippen LogP) is 2.71. The number of imidazole rings is 1. The van der Waals surface area contributed by atoms with Crippen molar-refractivity contribution in [2.75, 3.05) is 25.0 Å². The van der Waals surface area contributed by atoms with Gasteiger partial charge in [-0.3, -0.25) is 19.1 Å². The zero-order valence-corrected chi connectivity index (χ0v) is 16.7. The smallest absolute Gasteiger partial charge is 0.270 e. The molecule has 7 heteroatoms. The summed E-state index contributed by atoms with van der Waals surface area (Å²) < 4.78 is 1.79. The highest BCUT2D eigenvalue weighted by Gasteiger charge is 2.23. The highest BCUT2D eigenvalue weighted by atomic mass is 16.2. The van der Waals surface area contributed by atoms with Gasteiger partial charge in [-0.2, -0.15) is 0 Å². The third kappa shape index (κ3) is 4.93. The van der Waals surface area contributed by atoms with Crippen molar-refractivity contribution in [1.29, 1.82) is 0 Å². The maximum atomic E-state index is 12.8. The number of amides is 2. The zero-order valence-electron chi connectivity index (χ0n) is 16.7. The first-order valence-corrected chi connectivity index (χ1v) is 10.1. The van der Waals surface area contributed by atoms with Gasteiger partial charge in [-0.05, 0) is 37.1 Å². The number of benzene rings is 2. The average molecular weight is 403 g/mol. The lowest BCUT2D eigenvalue weighted by atomic mass is 10.0. The van der Waals surface area contributed by atoms with Crippen molar-refractivity contribution < 1.29 is 9.59 Å². The minimum atomic E-state index is -0.128. The van der Waals surface area contributed by atoms with Gasteiger partial charge in [0, 0.05) is 30.5 Å². The van der Waals surface area contributed by atoms with Crippen molar-refractivity contribution in [3.63, 3.8) is 0 Å². The Morgan fingerprint density at radius 3 is 2.33 bits per heavy atom. The van der Waals surface area contributed by atoms with E-state index in [1.807, 2.05) is 60.7 Å². The number of nitrogens with one attached hydrogen (secondary N) is 2. The van der Waals surface area contributed by atoms with Crippen molar-refractivity contribution in [1.82, 2.24) is 19.8 Å². The molecule has 2 N–H and O–H groups in total. The molecule has 2 aromatic carbocycles.